The normalized spacial score (nSPS) is 16.9. The molecule has 3 nitrogen and oxygen atoms in total. The van der Waals surface area contributed by atoms with Crippen molar-refractivity contribution in [3.05, 3.63) is 35.4 Å². The molecule has 1 amide bonds. The minimum absolute atomic E-state index is 0.0418. The molecule has 2 rings (SSSR count). The monoisotopic (exact) mass is 273 g/mol. The van der Waals surface area contributed by atoms with Crippen LogP contribution in [0.15, 0.2) is 24.3 Å². The van der Waals surface area contributed by atoms with Crippen molar-refractivity contribution in [3.8, 4) is 0 Å². The third kappa shape index (κ3) is 3.47. The van der Waals surface area contributed by atoms with Gasteiger partial charge in [-0.05, 0) is 29.5 Å². The number of likely N-dealkylation sites (tertiary alicyclic amines) is 1. The summed E-state index contributed by atoms with van der Waals surface area (Å²) in [5.41, 5.74) is 2.03. The van der Waals surface area contributed by atoms with Gasteiger partial charge in [-0.15, -0.1) is 0 Å². The lowest BCUT2D eigenvalue weighted by atomic mass is 9.86. The van der Waals surface area contributed by atoms with E-state index in [4.69, 9.17) is 0 Å². The van der Waals surface area contributed by atoms with E-state index < -0.39 is 0 Å². The third-order valence-electron chi connectivity index (χ3n) is 3.83. The molecule has 0 atom stereocenters. The summed E-state index contributed by atoms with van der Waals surface area (Å²) in [5, 5.41) is 0. The van der Waals surface area contributed by atoms with Gasteiger partial charge in [0, 0.05) is 31.5 Å². The highest BCUT2D eigenvalue weighted by molar-refractivity contribution is 5.94. The van der Waals surface area contributed by atoms with Gasteiger partial charge in [-0.3, -0.25) is 9.59 Å². The van der Waals surface area contributed by atoms with Crippen LogP contribution < -0.4 is 0 Å². The van der Waals surface area contributed by atoms with Crippen LogP contribution >= 0.6 is 0 Å². The fraction of sp³-hybridized carbons (Fsp3) is 0.529. The number of amides is 1. The number of benzene rings is 1. The van der Waals surface area contributed by atoms with E-state index >= 15 is 0 Å². The number of nitrogens with zero attached hydrogens (tertiary/aromatic N) is 1. The molecule has 0 aliphatic carbocycles. The summed E-state index contributed by atoms with van der Waals surface area (Å²) in [6, 6.07) is 7.84. The molecule has 1 aliphatic rings. The Morgan fingerprint density at radius 3 is 2.30 bits per heavy atom. The fourth-order valence-corrected chi connectivity index (χ4v) is 2.46. The highest BCUT2D eigenvalue weighted by Gasteiger charge is 2.20. The zero-order valence-corrected chi connectivity index (χ0v) is 12.6. The summed E-state index contributed by atoms with van der Waals surface area (Å²) in [6.45, 7) is 7.71. The molecule has 0 spiro atoms. The molecule has 1 aromatic rings. The van der Waals surface area contributed by atoms with E-state index in [9.17, 15) is 9.59 Å². The average molecular weight is 273 g/mol. The van der Waals surface area contributed by atoms with Crippen molar-refractivity contribution in [1.82, 2.24) is 4.90 Å². The second-order valence-electron chi connectivity index (χ2n) is 6.51. The van der Waals surface area contributed by atoms with Crippen molar-refractivity contribution in [2.75, 3.05) is 13.1 Å². The summed E-state index contributed by atoms with van der Waals surface area (Å²) in [7, 11) is 0. The summed E-state index contributed by atoms with van der Waals surface area (Å²) >= 11 is 0. The van der Waals surface area contributed by atoms with Gasteiger partial charge < -0.3 is 4.90 Å². The Kier molecular flexibility index (Phi) is 4.26. The van der Waals surface area contributed by atoms with E-state index in [1.807, 2.05) is 24.3 Å². The first-order valence-electron chi connectivity index (χ1n) is 7.29. The van der Waals surface area contributed by atoms with E-state index in [0.717, 1.165) is 6.42 Å². The smallest absolute Gasteiger partial charge is 0.253 e. The van der Waals surface area contributed by atoms with Crippen LogP contribution in [0.3, 0.4) is 0 Å². The van der Waals surface area contributed by atoms with Crippen LogP contribution in [0.5, 0.6) is 0 Å². The molecule has 1 aromatic carbocycles. The molecule has 108 valence electrons. The molecular weight excluding hydrogens is 250 g/mol. The van der Waals surface area contributed by atoms with E-state index in [1.54, 1.807) is 4.90 Å². The topological polar surface area (TPSA) is 37.4 Å². The van der Waals surface area contributed by atoms with Gasteiger partial charge in [-0.25, -0.2) is 0 Å². The average Bonchev–Trinajstić information content (AvgIpc) is 2.62. The van der Waals surface area contributed by atoms with Gasteiger partial charge in [0.25, 0.3) is 5.91 Å². The maximum Gasteiger partial charge on any atom is 0.253 e. The van der Waals surface area contributed by atoms with Crippen LogP contribution in [-0.4, -0.2) is 29.7 Å². The van der Waals surface area contributed by atoms with Gasteiger partial charge in [0.15, 0.2) is 0 Å². The van der Waals surface area contributed by atoms with Gasteiger partial charge in [0.1, 0.15) is 5.78 Å². The lowest BCUT2D eigenvalue weighted by Crippen LogP contribution is -2.32. The third-order valence-corrected chi connectivity index (χ3v) is 3.83. The molecule has 0 saturated carbocycles. The predicted octanol–water partition coefficient (Wildman–Crippen LogP) is 3.18. The molecule has 0 bridgehead atoms. The van der Waals surface area contributed by atoms with Gasteiger partial charge in [-0.1, -0.05) is 32.9 Å². The maximum atomic E-state index is 12.4. The highest BCUT2D eigenvalue weighted by atomic mass is 16.2. The Morgan fingerprint density at radius 1 is 1.05 bits per heavy atom. The second-order valence-corrected chi connectivity index (χ2v) is 6.51. The van der Waals surface area contributed by atoms with Crippen LogP contribution in [0.2, 0.25) is 0 Å². The highest BCUT2D eigenvalue weighted by Crippen LogP contribution is 2.22. The molecule has 3 heteroatoms. The van der Waals surface area contributed by atoms with Crippen molar-refractivity contribution >= 4 is 11.7 Å². The number of hydrogen-bond acceptors (Lipinski definition) is 2. The van der Waals surface area contributed by atoms with E-state index in [0.29, 0.717) is 31.5 Å². The van der Waals surface area contributed by atoms with Gasteiger partial charge in [-0.2, -0.15) is 0 Å². The minimum atomic E-state index is 0.0418. The van der Waals surface area contributed by atoms with Gasteiger partial charge in [0.2, 0.25) is 0 Å². The predicted molar refractivity (Wildman–Crippen MR) is 79.9 cm³/mol. The van der Waals surface area contributed by atoms with E-state index in [2.05, 4.69) is 20.8 Å². The fourth-order valence-electron chi connectivity index (χ4n) is 2.46. The van der Waals surface area contributed by atoms with Crippen LogP contribution in [0, 0.1) is 0 Å². The molecule has 1 fully saturated rings. The van der Waals surface area contributed by atoms with Crippen LogP contribution in [0.1, 0.15) is 56.0 Å². The number of Topliss-reactive ketones (excluding diaryl/α,β-unsaturated/α-hetero) is 1. The first-order valence-corrected chi connectivity index (χ1v) is 7.29. The first-order chi connectivity index (χ1) is 9.38. The molecule has 0 N–H and O–H groups in total. The SMILES string of the molecule is CC(C)(C)c1ccc(C(=O)N2CCCC(=O)CC2)cc1. The number of hydrogen-bond donors (Lipinski definition) is 0. The number of ketones is 1. The standard InChI is InChI=1S/C17H23NO2/c1-17(2,3)14-8-6-13(7-9-14)16(20)18-11-4-5-15(19)10-12-18/h6-9H,4-5,10-12H2,1-3H3. The lowest BCUT2D eigenvalue weighted by Gasteiger charge is -2.22. The van der Waals surface area contributed by atoms with Crippen LogP contribution in [0.25, 0.3) is 0 Å². The quantitative estimate of drug-likeness (QED) is 0.788. The number of carbonyl (C=O) groups excluding carboxylic acids is 2. The summed E-state index contributed by atoms with van der Waals surface area (Å²) in [5.74, 6) is 0.309. The summed E-state index contributed by atoms with van der Waals surface area (Å²) in [6.07, 6.45) is 1.88. The van der Waals surface area contributed by atoms with Crippen molar-refractivity contribution in [2.24, 2.45) is 0 Å². The molecule has 1 saturated heterocycles. The maximum absolute atomic E-state index is 12.4. The van der Waals surface area contributed by atoms with Crippen LogP contribution in [-0.2, 0) is 10.2 Å². The number of rotatable bonds is 1. The summed E-state index contributed by atoms with van der Waals surface area (Å²) in [4.78, 5) is 25.6. The van der Waals surface area contributed by atoms with Crippen molar-refractivity contribution < 1.29 is 9.59 Å². The van der Waals surface area contributed by atoms with Crippen LogP contribution in [0.4, 0.5) is 0 Å². The molecule has 20 heavy (non-hydrogen) atoms. The molecular formula is C17H23NO2. The van der Waals surface area contributed by atoms with E-state index in [-0.39, 0.29) is 17.1 Å². The zero-order chi connectivity index (χ0) is 14.8. The second kappa shape index (κ2) is 5.78. The molecule has 0 radical (unpaired) electrons. The Bertz CT molecular complexity index is 497. The Balaban J connectivity index is 2.11. The molecule has 0 aromatic heterocycles. The zero-order valence-electron chi connectivity index (χ0n) is 12.6. The summed E-state index contributed by atoms with van der Waals surface area (Å²) < 4.78 is 0. The Hall–Kier alpha value is -1.64. The minimum Gasteiger partial charge on any atom is -0.338 e. The Morgan fingerprint density at radius 2 is 1.70 bits per heavy atom. The lowest BCUT2D eigenvalue weighted by molar-refractivity contribution is -0.118. The molecule has 1 aliphatic heterocycles. The largest absolute Gasteiger partial charge is 0.338 e. The molecule has 0 unspecified atom stereocenters. The Labute approximate surface area is 121 Å². The number of carbonyl (C=O) groups is 2. The van der Waals surface area contributed by atoms with Gasteiger partial charge >= 0.3 is 0 Å². The van der Waals surface area contributed by atoms with Crippen molar-refractivity contribution in [3.63, 3.8) is 0 Å². The molecule has 1 heterocycles. The first kappa shape index (κ1) is 14.8. The van der Waals surface area contributed by atoms with Crippen molar-refractivity contribution in [1.29, 1.82) is 0 Å². The van der Waals surface area contributed by atoms with E-state index in [1.165, 1.54) is 5.56 Å². The van der Waals surface area contributed by atoms with Crippen molar-refractivity contribution in [2.45, 2.75) is 45.4 Å². The van der Waals surface area contributed by atoms with Gasteiger partial charge in [0.05, 0.1) is 0 Å².